The molecule has 0 radical (unpaired) electrons. The average Bonchev–Trinajstić information content (AvgIpc) is 2.88. The van der Waals surface area contributed by atoms with E-state index in [1.165, 1.54) is 17.7 Å². The molecule has 1 aliphatic heterocycles. The van der Waals surface area contributed by atoms with Crippen LogP contribution in [0, 0.1) is 17.7 Å². The van der Waals surface area contributed by atoms with E-state index in [4.69, 9.17) is 0 Å². The van der Waals surface area contributed by atoms with Gasteiger partial charge in [-0.2, -0.15) is 0 Å². The van der Waals surface area contributed by atoms with Crippen molar-refractivity contribution in [2.45, 2.75) is 25.2 Å². The molecule has 0 saturated carbocycles. The lowest BCUT2D eigenvalue weighted by Gasteiger charge is -2.28. The fraction of sp³-hybridized carbons (Fsp3) is 0.276. The predicted molar refractivity (Wildman–Crippen MR) is 135 cm³/mol. The van der Waals surface area contributed by atoms with Gasteiger partial charge in [-0.15, -0.1) is 0 Å². The van der Waals surface area contributed by atoms with Crippen molar-refractivity contribution < 1.29 is 9.18 Å². The minimum atomic E-state index is -0.315. The van der Waals surface area contributed by atoms with Crippen molar-refractivity contribution in [1.82, 2.24) is 10.2 Å². The lowest BCUT2D eigenvalue weighted by atomic mass is 9.94. The normalized spacial score (nSPS) is 16.7. The number of hydrogen-bond donors (Lipinski definition) is 2. The SMILES string of the molecule is O=C(Nc1ccc(F)cc1)N1CCCCNC[C@H](c2ccc(C#Cc3ccccc3)cc2)CC1. The zero-order valence-corrected chi connectivity index (χ0v) is 19.3. The number of halogens is 1. The first-order valence-corrected chi connectivity index (χ1v) is 11.9. The van der Waals surface area contributed by atoms with Crippen LogP contribution in [0.4, 0.5) is 14.9 Å². The molecule has 3 aromatic rings. The first-order valence-electron chi connectivity index (χ1n) is 11.9. The summed E-state index contributed by atoms with van der Waals surface area (Å²) < 4.78 is 13.2. The van der Waals surface area contributed by atoms with Crippen LogP contribution in [0.3, 0.4) is 0 Å². The summed E-state index contributed by atoms with van der Waals surface area (Å²) in [6.07, 6.45) is 2.82. The fourth-order valence-corrected chi connectivity index (χ4v) is 4.08. The third-order valence-electron chi connectivity index (χ3n) is 6.06. The fourth-order valence-electron chi connectivity index (χ4n) is 4.08. The van der Waals surface area contributed by atoms with Crippen molar-refractivity contribution in [1.29, 1.82) is 0 Å². The minimum absolute atomic E-state index is 0.134. The van der Waals surface area contributed by atoms with E-state index in [0.717, 1.165) is 43.5 Å². The van der Waals surface area contributed by atoms with Gasteiger partial charge in [-0.25, -0.2) is 9.18 Å². The van der Waals surface area contributed by atoms with Gasteiger partial charge in [0.05, 0.1) is 0 Å². The molecule has 2 N–H and O–H groups in total. The maximum absolute atomic E-state index is 13.2. The van der Waals surface area contributed by atoms with E-state index in [0.29, 0.717) is 24.7 Å². The second kappa shape index (κ2) is 12.0. The van der Waals surface area contributed by atoms with E-state index >= 15 is 0 Å². The molecular weight excluding hydrogens is 425 g/mol. The number of hydrogen-bond acceptors (Lipinski definition) is 2. The van der Waals surface area contributed by atoms with Gasteiger partial charge in [-0.1, -0.05) is 42.2 Å². The summed E-state index contributed by atoms with van der Waals surface area (Å²) in [5.41, 5.74) is 3.84. The molecule has 1 heterocycles. The summed E-state index contributed by atoms with van der Waals surface area (Å²) in [4.78, 5) is 14.8. The van der Waals surface area contributed by atoms with Crippen LogP contribution in [0.1, 0.15) is 41.9 Å². The molecule has 0 aliphatic carbocycles. The molecule has 0 spiro atoms. The standard InChI is InChI=1S/C29H30FN3O/c30-27-14-16-28(17-15-27)32-29(34)33-20-5-4-19-31-22-26(18-21-33)25-12-10-24(11-13-25)9-8-23-6-2-1-3-7-23/h1-3,6-7,10-17,26,31H,4-5,18-22H2,(H,32,34)/t26-/m1/s1. The van der Waals surface area contributed by atoms with Gasteiger partial charge in [0.25, 0.3) is 0 Å². The van der Waals surface area contributed by atoms with Crippen LogP contribution >= 0.6 is 0 Å². The van der Waals surface area contributed by atoms with Crippen LogP contribution in [0.15, 0.2) is 78.9 Å². The maximum Gasteiger partial charge on any atom is 0.321 e. The summed E-state index contributed by atoms with van der Waals surface area (Å²) >= 11 is 0. The van der Waals surface area contributed by atoms with Gasteiger partial charge in [0.2, 0.25) is 0 Å². The molecule has 4 rings (SSSR count). The number of carbonyl (C=O) groups is 1. The Morgan fingerprint density at radius 1 is 0.882 bits per heavy atom. The second-order valence-electron chi connectivity index (χ2n) is 8.56. The molecule has 3 aromatic carbocycles. The number of rotatable bonds is 2. The van der Waals surface area contributed by atoms with Gasteiger partial charge in [0, 0.05) is 36.4 Å². The Morgan fingerprint density at radius 3 is 2.32 bits per heavy atom. The molecule has 4 nitrogen and oxygen atoms in total. The van der Waals surface area contributed by atoms with Crippen molar-refractivity contribution in [2.24, 2.45) is 0 Å². The predicted octanol–water partition coefficient (Wildman–Crippen LogP) is 5.62. The largest absolute Gasteiger partial charge is 0.325 e. The van der Waals surface area contributed by atoms with Crippen LogP contribution in [0.2, 0.25) is 0 Å². The molecule has 2 amide bonds. The van der Waals surface area contributed by atoms with Crippen LogP contribution in [0.5, 0.6) is 0 Å². The summed E-state index contributed by atoms with van der Waals surface area (Å²) in [5.74, 6) is 6.42. The number of benzene rings is 3. The molecule has 0 unspecified atom stereocenters. The Morgan fingerprint density at radius 2 is 1.59 bits per heavy atom. The van der Waals surface area contributed by atoms with Crippen molar-refractivity contribution >= 4 is 11.7 Å². The highest BCUT2D eigenvalue weighted by molar-refractivity contribution is 5.89. The third-order valence-corrected chi connectivity index (χ3v) is 6.06. The van der Waals surface area contributed by atoms with E-state index in [1.54, 1.807) is 12.1 Å². The van der Waals surface area contributed by atoms with Crippen LogP contribution in [-0.2, 0) is 0 Å². The smallest absolute Gasteiger partial charge is 0.321 e. The van der Waals surface area contributed by atoms with Crippen molar-refractivity contribution in [3.63, 3.8) is 0 Å². The molecular formula is C29H30FN3O. The van der Waals surface area contributed by atoms with Crippen molar-refractivity contribution in [3.8, 4) is 11.8 Å². The number of nitrogens with zero attached hydrogens (tertiary/aromatic N) is 1. The Labute approximate surface area is 201 Å². The van der Waals surface area contributed by atoms with Gasteiger partial charge >= 0.3 is 6.03 Å². The highest BCUT2D eigenvalue weighted by Crippen LogP contribution is 2.21. The topological polar surface area (TPSA) is 44.4 Å². The third kappa shape index (κ3) is 6.94. The lowest BCUT2D eigenvalue weighted by Crippen LogP contribution is -2.39. The molecule has 0 aromatic heterocycles. The van der Waals surface area contributed by atoms with Gasteiger partial charge in [0.1, 0.15) is 5.82 Å². The molecule has 1 saturated heterocycles. The monoisotopic (exact) mass is 455 g/mol. The Balaban J connectivity index is 1.40. The van der Waals surface area contributed by atoms with E-state index < -0.39 is 0 Å². The maximum atomic E-state index is 13.2. The first kappa shape index (κ1) is 23.5. The van der Waals surface area contributed by atoms with Gasteiger partial charge < -0.3 is 15.5 Å². The first-order chi connectivity index (χ1) is 16.7. The number of amides is 2. The second-order valence-corrected chi connectivity index (χ2v) is 8.56. The molecule has 5 heteroatoms. The Kier molecular flexibility index (Phi) is 8.32. The highest BCUT2D eigenvalue weighted by Gasteiger charge is 2.19. The van der Waals surface area contributed by atoms with Gasteiger partial charge in [-0.3, -0.25) is 0 Å². The van der Waals surface area contributed by atoms with Crippen molar-refractivity contribution in [2.75, 3.05) is 31.5 Å². The van der Waals surface area contributed by atoms with Crippen LogP contribution in [0.25, 0.3) is 0 Å². The summed E-state index contributed by atoms with van der Waals surface area (Å²) in [6, 6.07) is 24.2. The van der Waals surface area contributed by atoms with E-state index in [2.05, 4.69) is 46.7 Å². The number of nitrogens with one attached hydrogen (secondary N) is 2. The summed E-state index contributed by atoms with van der Waals surface area (Å²) in [6.45, 7) is 3.18. The van der Waals surface area contributed by atoms with Crippen LogP contribution < -0.4 is 10.6 Å². The number of anilines is 1. The highest BCUT2D eigenvalue weighted by atomic mass is 19.1. The van der Waals surface area contributed by atoms with E-state index in [1.807, 2.05) is 35.2 Å². The average molecular weight is 456 g/mol. The lowest BCUT2D eigenvalue weighted by molar-refractivity contribution is 0.206. The van der Waals surface area contributed by atoms with Crippen LogP contribution in [-0.4, -0.2) is 37.1 Å². The number of carbonyl (C=O) groups excluding carboxylic acids is 1. The minimum Gasteiger partial charge on any atom is -0.325 e. The summed E-state index contributed by atoms with van der Waals surface area (Å²) in [5, 5.41) is 6.47. The quantitative estimate of drug-likeness (QED) is 0.493. The zero-order chi connectivity index (χ0) is 23.6. The Hall–Kier alpha value is -3.62. The number of urea groups is 1. The molecule has 1 fully saturated rings. The van der Waals surface area contributed by atoms with E-state index in [9.17, 15) is 9.18 Å². The Bertz CT molecular complexity index is 1120. The van der Waals surface area contributed by atoms with Gasteiger partial charge in [-0.05, 0) is 85.8 Å². The van der Waals surface area contributed by atoms with Gasteiger partial charge in [0.15, 0.2) is 0 Å². The molecule has 1 aliphatic rings. The molecule has 0 bridgehead atoms. The zero-order valence-electron chi connectivity index (χ0n) is 19.3. The molecule has 174 valence electrons. The molecule has 34 heavy (non-hydrogen) atoms. The summed E-state index contributed by atoms with van der Waals surface area (Å²) in [7, 11) is 0. The molecule has 1 atom stereocenters. The van der Waals surface area contributed by atoms with E-state index in [-0.39, 0.29) is 11.8 Å². The van der Waals surface area contributed by atoms with Crippen molar-refractivity contribution in [3.05, 3.63) is 101 Å².